The zero-order chi connectivity index (χ0) is 9.68. The van der Waals surface area contributed by atoms with Gasteiger partial charge in [0.15, 0.2) is 0 Å². The third-order valence-electron chi connectivity index (χ3n) is 2.59. The van der Waals surface area contributed by atoms with Crippen molar-refractivity contribution in [3.8, 4) is 0 Å². The minimum Gasteiger partial charge on any atom is -0.481 e. The van der Waals surface area contributed by atoms with Crippen LogP contribution in [0.1, 0.15) is 19.3 Å². The highest BCUT2D eigenvalue weighted by molar-refractivity contribution is 5.70. The minimum absolute atomic E-state index is 0.111. The van der Waals surface area contributed by atoms with Gasteiger partial charge in [-0.2, -0.15) is 0 Å². The first-order valence-corrected chi connectivity index (χ1v) is 4.80. The first-order chi connectivity index (χ1) is 6.24. The average molecular weight is 183 g/mol. The third kappa shape index (κ3) is 3.19. The van der Waals surface area contributed by atoms with Gasteiger partial charge < -0.3 is 10.0 Å². The molecular formula is C10H17NO2. The molecule has 0 radical (unpaired) electrons. The molecule has 3 heteroatoms. The van der Waals surface area contributed by atoms with Gasteiger partial charge >= 0.3 is 5.97 Å². The Morgan fingerprint density at radius 1 is 1.54 bits per heavy atom. The Kier molecular flexibility index (Phi) is 3.96. The lowest BCUT2D eigenvalue weighted by molar-refractivity contribution is -0.143. The first kappa shape index (κ1) is 10.3. The second kappa shape index (κ2) is 5.02. The van der Waals surface area contributed by atoms with Crippen molar-refractivity contribution in [3.63, 3.8) is 0 Å². The standard InChI is InChI=1S/C10H17NO2/c1-2-3-6-11-7-4-9(5-8-11)10(12)13/h2,9H,1,3-8H2,(H,12,13). The molecule has 1 fully saturated rings. The van der Waals surface area contributed by atoms with Gasteiger partial charge in [0, 0.05) is 6.54 Å². The molecule has 1 N–H and O–H groups in total. The summed E-state index contributed by atoms with van der Waals surface area (Å²) in [5, 5.41) is 8.77. The highest BCUT2D eigenvalue weighted by Gasteiger charge is 2.23. The van der Waals surface area contributed by atoms with E-state index in [4.69, 9.17) is 5.11 Å². The predicted octanol–water partition coefficient (Wildman–Crippen LogP) is 1.36. The van der Waals surface area contributed by atoms with Crippen LogP contribution in [-0.2, 0) is 4.79 Å². The molecule has 0 bridgehead atoms. The summed E-state index contributed by atoms with van der Waals surface area (Å²) in [6.07, 6.45) is 4.50. The van der Waals surface area contributed by atoms with E-state index in [0.29, 0.717) is 0 Å². The molecule has 0 aromatic heterocycles. The maximum absolute atomic E-state index is 10.6. The van der Waals surface area contributed by atoms with Gasteiger partial charge in [-0.1, -0.05) is 6.08 Å². The number of carboxylic acid groups (broad SMARTS) is 1. The maximum Gasteiger partial charge on any atom is 0.306 e. The Morgan fingerprint density at radius 3 is 2.62 bits per heavy atom. The molecule has 1 saturated heterocycles. The van der Waals surface area contributed by atoms with Gasteiger partial charge in [-0.3, -0.25) is 4.79 Å². The Bertz CT molecular complexity index is 183. The summed E-state index contributed by atoms with van der Waals surface area (Å²) in [7, 11) is 0. The molecule has 0 aromatic rings. The molecule has 0 aliphatic carbocycles. The van der Waals surface area contributed by atoms with Gasteiger partial charge in [0.1, 0.15) is 0 Å². The quantitative estimate of drug-likeness (QED) is 0.669. The van der Waals surface area contributed by atoms with Crippen LogP contribution in [0.2, 0.25) is 0 Å². The molecule has 0 amide bonds. The van der Waals surface area contributed by atoms with Gasteiger partial charge in [-0.15, -0.1) is 6.58 Å². The summed E-state index contributed by atoms with van der Waals surface area (Å²) in [6, 6.07) is 0. The van der Waals surface area contributed by atoms with Crippen LogP contribution in [0.5, 0.6) is 0 Å². The number of aliphatic carboxylic acids is 1. The Balaban J connectivity index is 2.22. The molecule has 1 aliphatic rings. The molecule has 74 valence electrons. The molecule has 0 unspecified atom stereocenters. The van der Waals surface area contributed by atoms with E-state index < -0.39 is 5.97 Å². The smallest absolute Gasteiger partial charge is 0.306 e. The van der Waals surface area contributed by atoms with E-state index in [1.54, 1.807) is 0 Å². The van der Waals surface area contributed by atoms with Gasteiger partial charge in [-0.25, -0.2) is 0 Å². The van der Waals surface area contributed by atoms with Crippen molar-refractivity contribution in [2.45, 2.75) is 19.3 Å². The van der Waals surface area contributed by atoms with E-state index in [9.17, 15) is 4.79 Å². The van der Waals surface area contributed by atoms with Crippen molar-refractivity contribution in [3.05, 3.63) is 12.7 Å². The Labute approximate surface area is 79.0 Å². The zero-order valence-electron chi connectivity index (χ0n) is 7.91. The summed E-state index contributed by atoms with van der Waals surface area (Å²) < 4.78 is 0. The van der Waals surface area contributed by atoms with Gasteiger partial charge in [0.05, 0.1) is 5.92 Å². The lowest BCUT2D eigenvalue weighted by Gasteiger charge is -2.29. The fourth-order valence-electron chi connectivity index (χ4n) is 1.68. The Morgan fingerprint density at radius 2 is 2.15 bits per heavy atom. The van der Waals surface area contributed by atoms with Crippen molar-refractivity contribution in [1.29, 1.82) is 0 Å². The molecule has 1 rings (SSSR count). The van der Waals surface area contributed by atoms with E-state index >= 15 is 0 Å². The average Bonchev–Trinajstić information content (AvgIpc) is 2.15. The van der Waals surface area contributed by atoms with Crippen LogP contribution < -0.4 is 0 Å². The molecule has 0 saturated carbocycles. The largest absolute Gasteiger partial charge is 0.481 e. The third-order valence-corrected chi connectivity index (χ3v) is 2.59. The number of piperidine rings is 1. The van der Waals surface area contributed by atoms with Crippen LogP contribution in [0.3, 0.4) is 0 Å². The normalized spacial score (nSPS) is 20.0. The Hall–Kier alpha value is -0.830. The number of likely N-dealkylation sites (tertiary alicyclic amines) is 1. The summed E-state index contributed by atoms with van der Waals surface area (Å²) >= 11 is 0. The van der Waals surface area contributed by atoms with Crippen LogP contribution in [0.25, 0.3) is 0 Å². The first-order valence-electron chi connectivity index (χ1n) is 4.80. The number of carbonyl (C=O) groups is 1. The van der Waals surface area contributed by atoms with Crippen molar-refractivity contribution < 1.29 is 9.90 Å². The van der Waals surface area contributed by atoms with Crippen molar-refractivity contribution in [2.24, 2.45) is 5.92 Å². The number of hydrogen-bond donors (Lipinski definition) is 1. The second-order valence-electron chi connectivity index (χ2n) is 3.53. The summed E-state index contributed by atoms with van der Waals surface area (Å²) in [5.74, 6) is -0.747. The molecule has 1 aliphatic heterocycles. The molecule has 0 atom stereocenters. The van der Waals surface area contributed by atoms with Gasteiger partial charge in [0.25, 0.3) is 0 Å². The SMILES string of the molecule is C=CCCN1CCC(C(=O)O)CC1. The highest BCUT2D eigenvalue weighted by atomic mass is 16.4. The minimum atomic E-state index is -0.636. The van der Waals surface area contributed by atoms with E-state index in [1.807, 2.05) is 6.08 Å². The molecule has 0 aromatic carbocycles. The summed E-state index contributed by atoms with van der Waals surface area (Å²) in [4.78, 5) is 12.9. The van der Waals surface area contributed by atoms with Crippen LogP contribution in [-0.4, -0.2) is 35.6 Å². The van der Waals surface area contributed by atoms with Gasteiger partial charge in [0.2, 0.25) is 0 Å². The lowest BCUT2D eigenvalue weighted by atomic mass is 9.97. The van der Waals surface area contributed by atoms with E-state index in [2.05, 4.69) is 11.5 Å². The fraction of sp³-hybridized carbons (Fsp3) is 0.700. The van der Waals surface area contributed by atoms with Crippen LogP contribution >= 0.6 is 0 Å². The van der Waals surface area contributed by atoms with E-state index in [0.717, 1.165) is 38.9 Å². The zero-order valence-corrected chi connectivity index (χ0v) is 7.91. The number of nitrogens with zero attached hydrogens (tertiary/aromatic N) is 1. The topological polar surface area (TPSA) is 40.5 Å². The number of rotatable bonds is 4. The van der Waals surface area contributed by atoms with Crippen LogP contribution in [0, 0.1) is 5.92 Å². The molecule has 1 heterocycles. The summed E-state index contributed by atoms with van der Waals surface area (Å²) in [6.45, 7) is 6.53. The van der Waals surface area contributed by atoms with Crippen molar-refractivity contribution in [1.82, 2.24) is 4.90 Å². The maximum atomic E-state index is 10.6. The summed E-state index contributed by atoms with van der Waals surface area (Å²) in [5.41, 5.74) is 0. The van der Waals surface area contributed by atoms with E-state index in [-0.39, 0.29) is 5.92 Å². The second-order valence-corrected chi connectivity index (χ2v) is 3.53. The van der Waals surface area contributed by atoms with Crippen LogP contribution in [0.4, 0.5) is 0 Å². The van der Waals surface area contributed by atoms with E-state index in [1.165, 1.54) is 0 Å². The molecule has 0 spiro atoms. The highest BCUT2D eigenvalue weighted by Crippen LogP contribution is 2.17. The molecule has 13 heavy (non-hydrogen) atoms. The van der Waals surface area contributed by atoms with Crippen LogP contribution in [0.15, 0.2) is 12.7 Å². The fourth-order valence-corrected chi connectivity index (χ4v) is 1.68. The molecular weight excluding hydrogens is 166 g/mol. The van der Waals surface area contributed by atoms with Crippen molar-refractivity contribution >= 4 is 5.97 Å². The number of carboxylic acids is 1. The predicted molar refractivity (Wildman–Crippen MR) is 51.6 cm³/mol. The van der Waals surface area contributed by atoms with Crippen molar-refractivity contribution in [2.75, 3.05) is 19.6 Å². The number of hydrogen-bond acceptors (Lipinski definition) is 2. The monoisotopic (exact) mass is 183 g/mol. The van der Waals surface area contributed by atoms with Gasteiger partial charge in [-0.05, 0) is 32.4 Å². The lowest BCUT2D eigenvalue weighted by Crippen LogP contribution is -2.36. The molecule has 3 nitrogen and oxygen atoms in total.